The van der Waals surface area contributed by atoms with Crippen molar-refractivity contribution in [3.63, 3.8) is 0 Å². The number of ketones is 1. The Hall–Kier alpha value is -3.60. The fourth-order valence-corrected chi connectivity index (χ4v) is 3.42. The largest absolute Gasteiger partial charge is 0.497 e. The summed E-state index contributed by atoms with van der Waals surface area (Å²) in [6.45, 7) is 7.64. The van der Waals surface area contributed by atoms with E-state index >= 15 is 0 Å². The van der Waals surface area contributed by atoms with Crippen molar-refractivity contribution in [2.75, 3.05) is 7.11 Å². The second-order valence-electron chi connectivity index (χ2n) is 7.59. The van der Waals surface area contributed by atoms with E-state index in [1.54, 1.807) is 43.5 Å². The number of aromatic nitrogens is 1. The average molecular weight is 418 g/mol. The SMILES string of the molecule is COc1ccc(C(=O)/C=C/c2cc(C)n(-c3cccc(C(=O)OC(C)C)c3)c2C)cc1. The Labute approximate surface area is 182 Å². The van der Waals surface area contributed by atoms with E-state index in [1.165, 1.54) is 0 Å². The third-order valence-corrected chi connectivity index (χ3v) is 4.94. The number of nitrogens with zero attached hydrogens (tertiary/aromatic N) is 1. The zero-order valence-electron chi connectivity index (χ0n) is 18.5. The van der Waals surface area contributed by atoms with E-state index in [0.717, 1.165) is 22.6 Å². The van der Waals surface area contributed by atoms with E-state index in [4.69, 9.17) is 9.47 Å². The van der Waals surface area contributed by atoms with Gasteiger partial charge in [-0.2, -0.15) is 0 Å². The highest BCUT2D eigenvalue weighted by molar-refractivity contribution is 6.06. The molecule has 0 amide bonds. The van der Waals surface area contributed by atoms with Crippen LogP contribution in [0, 0.1) is 13.8 Å². The van der Waals surface area contributed by atoms with Gasteiger partial charge in [-0.05, 0) is 93.9 Å². The molecule has 5 nitrogen and oxygen atoms in total. The molecule has 1 aromatic heterocycles. The van der Waals surface area contributed by atoms with Crippen LogP contribution in [-0.2, 0) is 4.74 Å². The summed E-state index contributed by atoms with van der Waals surface area (Å²) in [5.41, 5.74) is 4.89. The maximum atomic E-state index is 12.5. The van der Waals surface area contributed by atoms with Gasteiger partial charge in [0.15, 0.2) is 5.78 Å². The summed E-state index contributed by atoms with van der Waals surface area (Å²) in [4.78, 5) is 24.8. The molecule has 1 heterocycles. The number of benzene rings is 2. The molecule has 0 atom stereocenters. The minimum Gasteiger partial charge on any atom is -0.497 e. The van der Waals surface area contributed by atoms with Crippen LogP contribution in [0.3, 0.4) is 0 Å². The molecule has 2 aromatic carbocycles. The highest BCUT2D eigenvalue weighted by Gasteiger charge is 2.14. The van der Waals surface area contributed by atoms with Crippen molar-refractivity contribution in [3.8, 4) is 11.4 Å². The van der Waals surface area contributed by atoms with Crippen LogP contribution in [-0.4, -0.2) is 29.5 Å². The van der Waals surface area contributed by atoms with Gasteiger partial charge in [0.25, 0.3) is 0 Å². The van der Waals surface area contributed by atoms with Gasteiger partial charge < -0.3 is 14.0 Å². The molecule has 0 aliphatic carbocycles. The van der Waals surface area contributed by atoms with Gasteiger partial charge in [0.1, 0.15) is 5.75 Å². The predicted molar refractivity (Wildman–Crippen MR) is 122 cm³/mol. The van der Waals surface area contributed by atoms with Gasteiger partial charge in [-0.1, -0.05) is 6.07 Å². The number of allylic oxidation sites excluding steroid dienone is 1. The second kappa shape index (κ2) is 9.47. The molecule has 0 N–H and O–H groups in total. The molecule has 31 heavy (non-hydrogen) atoms. The number of rotatable bonds is 7. The van der Waals surface area contributed by atoms with E-state index in [0.29, 0.717) is 16.9 Å². The van der Waals surface area contributed by atoms with Crippen LogP contribution in [0.1, 0.15) is 51.5 Å². The molecule has 5 heteroatoms. The van der Waals surface area contributed by atoms with E-state index in [1.807, 2.05) is 58.0 Å². The van der Waals surface area contributed by atoms with Crippen LogP contribution in [0.4, 0.5) is 0 Å². The molecule has 3 rings (SSSR count). The Morgan fingerprint density at radius 1 is 0.968 bits per heavy atom. The van der Waals surface area contributed by atoms with Gasteiger partial charge in [0.05, 0.1) is 18.8 Å². The fraction of sp³-hybridized carbons (Fsp3) is 0.231. The van der Waals surface area contributed by atoms with Crippen molar-refractivity contribution in [3.05, 3.63) is 88.8 Å². The summed E-state index contributed by atoms with van der Waals surface area (Å²) in [7, 11) is 1.59. The van der Waals surface area contributed by atoms with Crippen molar-refractivity contribution < 1.29 is 19.1 Å². The van der Waals surface area contributed by atoms with Crippen LogP contribution >= 0.6 is 0 Å². The van der Waals surface area contributed by atoms with Crippen molar-refractivity contribution in [1.29, 1.82) is 0 Å². The van der Waals surface area contributed by atoms with Gasteiger partial charge in [-0.3, -0.25) is 4.79 Å². The Morgan fingerprint density at radius 2 is 1.68 bits per heavy atom. The summed E-state index contributed by atoms with van der Waals surface area (Å²) >= 11 is 0. The van der Waals surface area contributed by atoms with E-state index in [2.05, 4.69) is 4.57 Å². The summed E-state index contributed by atoms with van der Waals surface area (Å²) in [5.74, 6) is 0.291. The monoisotopic (exact) mass is 417 g/mol. The maximum absolute atomic E-state index is 12.5. The fourth-order valence-electron chi connectivity index (χ4n) is 3.42. The van der Waals surface area contributed by atoms with Crippen molar-refractivity contribution in [2.24, 2.45) is 0 Å². The molecule has 0 bridgehead atoms. The molecule has 0 aliphatic heterocycles. The Kier molecular flexibility index (Phi) is 6.75. The maximum Gasteiger partial charge on any atom is 0.338 e. The van der Waals surface area contributed by atoms with Crippen molar-refractivity contribution >= 4 is 17.8 Å². The van der Waals surface area contributed by atoms with Crippen LogP contribution < -0.4 is 4.74 Å². The topological polar surface area (TPSA) is 57.5 Å². The number of carbonyl (C=O) groups excluding carboxylic acids is 2. The zero-order chi connectivity index (χ0) is 22.5. The minimum absolute atomic E-state index is 0.0779. The normalized spacial score (nSPS) is 11.2. The first-order valence-electron chi connectivity index (χ1n) is 10.2. The third kappa shape index (κ3) is 5.12. The third-order valence-electron chi connectivity index (χ3n) is 4.94. The summed E-state index contributed by atoms with van der Waals surface area (Å²) < 4.78 is 12.5. The number of aryl methyl sites for hydroxylation is 1. The van der Waals surface area contributed by atoms with Gasteiger partial charge in [-0.25, -0.2) is 4.79 Å². The molecule has 0 aliphatic rings. The Balaban J connectivity index is 1.86. The molecule has 0 spiro atoms. The lowest BCUT2D eigenvalue weighted by molar-refractivity contribution is 0.0377. The van der Waals surface area contributed by atoms with Crippen molar-refractivity contribution in [1.82, 2.24) is 4.57 Å². The zero-order valence-corrected chi connectivity index (χ0v) is 18.5. The molecule has 0 saturated heterocycles. The molecule has 0 fully saturated rings. The minimum atomic E-state index is -0.343. The van der Waals surface area contributed by atoms with E-state index in [9.17, 15) is 9.59 Å². The lowest BCUT2D eigenvalue weighted by atomic mass is 10.1. The van der Waals surface area contributed by atoms with Gasteiger partial charge >= 0.3 is 5.97 Å². The number of carbonyl (C=O) groups is 2. The molecular formula is C26H27NO4. The molecular weight excluding hydrogens is 390 g/mol. The lowest BCUT2D eigenvalue weighted by Crippen LogP contribution is -2.12. The highest BCUT2D eigenvalue weighted by Crippen LogP contribution is 2.23. The van der Waals surface area contributed by atoms with E-state index < -0.39 is 0 Å². The van der Waals surface area contributed by atoms with E-state index in [-0.39, 0.29) is 17.9 Å². The summed E-state index contributed by atoms with van der Waals surface area (Å²) in [6.07, 6.45) is 3.22. The molecule has 0 saturated carbocycles. The summed E-state index contributed by atoms with van der Waals surface area (Å²) in [6, 6.07) is 16.4. The first-order valence-corrected chi connectivity index (χ1v) is 10.2. The number of esters is 1. The standard InChI is InChI=1S/C26H27NO4/c1-17(2)31-26(29)22-7-6-8-23(16-22)27-18(3)15-21(19(27)4)11-14-25(28)20-9-12-24(30-5)13-10-20/h6-17H,1-5H3/b14-11+. The average Bonchev–Trinajstić information content (AvgIpc) is 3.04. The number of methoxy groups -OCH3 is 1. The van der Waals surface area contributed by atoms with Crippen LogP contribution in [0.15, 0.2) is 60.7 Å². The molecule has 0 unspecified atom stereocenters. The van der Waals surface area contributed by atoms with Gasteiger partial charge in [0.2, 0.25) is 0 Å². The second-order valence-corrected chi connectivity index (χ2v) is 7.59. The van der Waals surface area contributed by atoms with Crippen LogP contribution in [0.25, 0.3) is 11.8 Å². The lowest BCUT2D eigenvalue weighted by Gasteiger charge is -2.12. The first kappa shape index (κ1) is 22.1. The number of hydrogen-bond donors (Lipinski definition) is 0. The van der Waals surface area contributed by atoms with Gasteiger partial charge in [0, 0.05) is 22.6 Å². The quantitative estimate of drug-likeness (QED) is 0.287. The van der Waals surface area contributed by atoms with Gasteiger partial charge in [-0.15, -0.1) is 0 Å². The number of ether oxygens (including phenoxy) is 2. The van der Waals surface area contributed by atoms with Crippen LogP contribution in [0.5, 0.6) is 5.75 Å². The summed E-state index contributed by atoms with van der Waals surface area (Å²) in [5, 5.41) is 0. The highest BCUT2D eigenvalue weighted by atomic mass is 16.5. The molecule has 0 radical (unpaired) electrons. The first-order chi connectivity index (χ1) is 14.8. The van der Waals surface area contributed by atoms with Crippen LogP contribution in [0.2, 0.25) is 0 Å². The smallest absolute Gasteiger partial charge is 0.338 e. The predicted octanol–water partition coefficient (Wildman–Crippen LogP) is 5.56. The Morgan fingerprint density at radius 3 is 2.32 bits per heavy atom. The number of hydrogen-bond acceptors (Lipinski definition) is 4. The molecule has 3 aromatic rings. The molecule has 160 valence electrons. The van der Waals surface area contributed by atoms with Crippen molar-refractivity contribution in [2.45, 2.75) is 33.8 Å². The Bertz CT molecular complexity index is 1120.